The largest absolute Gasteiger partial charge is 0.375 e. The summed E-state index contributed by atoms with van der Waals surface area (Å²) >= 11 is 1.44. The minimum absolute atomic E-state index is 0.283. The number of fused-ring (bicyclic) bond motifs is 1. The van der Waals surface area contributed by atoms with Crippen LogP contribution in [0.4, 0.5) is 5.82 Å². The zero-order chi connectivity index (χ0) is 20.6. The first-order valence-electron chi connectivity index (χ1n) is 9.24. The topological polar surface area (TPSA) is 114 Å². The Kier molecular flexibility index (Phi) is 4.89. The maximum absolute atomic E-state index is 12.1. The van der Waals surface area contributed by atoms with E-state index in [9.17, 15) is 9.90 Å². The molecule has 3 aromatic rings. The smallest absolute Gasteiger partial charge is 0.254 e. The number of allylic oxidation sites excluding steroid dienone is 2. The molecule has 3 aromatic heterocycles. The van der Waals surface area contributed by atoms with E-state index in [4.69, 9.17) is 5.73 Å². The van der Waals surface area contributed by atoms with Crippen molar-refractivity contribution in [3.05, 3.63) is 70.5 Å². The van der Waals surface area contributed by atoms with Crippen LogP contribution in [0.15, 0.2) is 59.9 Å². The summed E-state index contributed by atoms with van der Waals surface area (Å²) < 4.78 is 0. The zero-order valence-electron chi connectivity index (χ0n) is 16.0. The Morgan fingerprint density at radius 2 is 2.14 bits per heavy atom. The highest BCUT2D eigenvalue weighted by Crippen LogP contribution is 2.41. The third kappa shape index (κ3) is 3.41. The molecule has 7 nitrogen and oxygen atoms in total. The van der Waals surface area contributed by atoms with Crippen molar-refractivity contribution in [2.24, 2.45) is 5.73 Å². The number of aliphatic hydroxyl groups is 1. The number of hydrogen-bond acceptors (Lipinski definition) is 7. The van der Waals surface area contributed by atoms with Gasteiger partial charge in [-0.2, -0.15) is 0 Å². The lowest BCUT2D eigenvalue weighted by atomic mass is 9.79. The molecule has 0 aromatic carbocycles. The molecule has 0 radical (unpaired) electrons. The van der Waals surface area contributed by atoms with E-state index in [0.29, 0.717) is 17.2 Å². The van der Waals surface area contributed by atoms with Crippen LogP contribution in [0.25, 0.3) is 11.0 Å². The number of nitrogens with one attached hydrogen (secondary N) is 1. The molecular formula is C21H21N5O2S. The van der Waals surface area contributed by atoms with E-state index in [1.807, 2.05) is 35.7 Å². The molecule has 4 rings (SSSR count). The highest BCUT2D eigenvalue weighted by Gasteiger charge is 2.45. The Morgan fingerprint density at radius 3 is 2.83 bits per heavy atom. The predicted octanol–water partition coefficient (Wildman–Crippen LogP) is 3.08. The number of nitrogens with two attached hydrogens (primary N) is 1. The molecule has 2 unspecified atom stereocenters. The van der Waals surface area contributed by atoms with Crippen LogP contribution in [0, 0.1) is 0 Å². The fraction of sp³-hybridized carbons (Fsp3) is 0.238. The van der Waals surface area contributed by atoms with Gasteiger partial charge in [0, 0.05) is 16.3 Å². The monoisotopic (exact) mass is 407 g/mol. The highest BCUT2D eigenvalue weighted by molar-refractivity contribution is 7.10. The third-order valence-corrected chi connectivity index (χ3v) is 5.91. The number of pyridine rings is 1. The summed E-state index contributed by atoms with van der Waals surface area (Å²) in [4.78, 5) is 26.2. The number of hydrogen-bond donors (Lipinski definition) is 3. The molecule has 8 heteroatoms. The molecule has 0 bridgehead atoms. The first-order chi connectivity index (χ1) is 13.9. The second-order valence-electron chi connectivity index (χ2n) is 7.23. The van der Waals surface area contributed by atoms with Crippen LogP contribution in [0.2, 0.25) is 0 Å². The van der Waals surface area contributed by atoms with Crippen LogP contribution >= 0.6 is 11.3 Å². The number of aromatic nitrogens is 3. The number of rotatable bonds is 5. The average Bonchev–Trinajstić information content (AvgIpc) is 3.22. The fourth-order valence-electron chi connectivity index (χ4n) is 3.41. The lowest BCUT2D eigenvalue weighted by molar-refractivity contribution is -0.133. The summed E-state index contributed by atoms with van der Waals surface area (Å²) in [6, 6.07) is 7.62. The van der Waals surface area contributed by atoms with Crippen LogP contribution in [0.5, 0.6) is 0 Å². The van der Waals surface area contributed by atoms with Gasteiger partial charge in [-0.15, -0.1) is 11.3 Å². The summed E-state index contributed by atoms with van der Waals surface area (Å²) in [5, 5.41) is 17.0. The third-order valence-electron chi connectivity index (χ3n) is 4.97. The molecule has 0 saturated carbocycles. The Balaban J connectivity index is 1.77. The normalized spacial score (nSPS) is 21.4. The van der Waals surface area contributed by atoms with E-state index >= 15 is 0 Å². The van der Waals surface area contributed by atoms with Gasteiger partial charge in [0.25, 0.3) is 5.91 Å². The second-order valence-corrected chi connectivity index (χ2v) is 8.21. The first kappa shape index (κ1) is 19.2. The van der Waals surface area contributed by atoms with Crippen molar-refractivity contribution in [2.45, 2.75) is 31.3 Å². The molecule has 0 spiro atoms. The Hall–Kier alpha value is -3.10. The molecule has 3 heterocycles. The van der Waals surface area contributed by atoms with Gasteiger partial charge in [-0.1, -0.05) is 26.0 Å². The number of anilines is 1. The van der Waals surface area contributed by atoms with E-state index in [-0.39, 0.29) is 5.92 Å². The summed E-state index contributed by atoms with van der Waals surface area (Å²) in [7, 11) is 0. The Labute approximate surface area is 172 Å². The quantitative estimate of drug-likeness (QED) is 0.599. The first-order valence-corrected chi connectivity index (χ1v) is 10.1. The standard InChI is InChI=1S/C21H21N5O2S/c1-12(2)14-8-7-13-18(25-14)23-11-24-19(13)26-15-5-3-9-21(28,20(22)27)17(15)16-6-4-10-29-16/h3-12,17,28H,1-2H3,(H2,22,27)(H,23,24,25,26). The highest BCUT2D eigenvalue weighted by atomic mass is 32.1. The molecule has 148 valence electrons. The Morgan fingerprint density at radius 1 is 1.31 bits per heavy atom. The van der Waals surface area contributed by atoms with Crippen LogP contribution in [0.1, 0.15) is 36.3 Å². The van der Waals surface area contributed by atoms with Gasteiger partial charge in [0.05, 0.1) is 11.3 Å². The molecule has 0 fully saturated rings. The van der Waals surface area contributed by atoms with Crippen LogP contribution < -0.4 is 11.1 Å². The van der Waals surface area contributed by atoms with Gasteiger partial charge in [-0.05, 0) is 41.6 Å². The summed E-state index contributed by atoms with van der Waals surface area (Å²) in [6.45, 7) is 4.15. The van der Waals surface area contributed by atoms with E-state index in [0.717, 1.165) is 16.0 Å². The lowest BCUT2D eigenvalue weighted by Gasteiger charge is -2.34. The van der Waals surface area contributed by atoms with Gasteiger partial charge >= 0.3 is 0 Å². The molecule has 4 N–H and O–H groups in total. The number of thiophene rings is 1. The number of amides is 1. The molecule has 1 aliphatic carbocycles. The van der Waals surface area contributed by atoms with Crippen molar-refractivity contribution in [1.29, 1.82) is 0 Å². The number of primary amides is 1. The Bertz CT molecular complexity index is 1120. The van der Waals surface area contributed by atoms with Gasteiger partial charge < -0.3 is 16.2 Å². The van der Waals surface area contributed by atoms with E-state index in [1.54, 1.807) is 6.08 Å². The molecule has 29 heavy (non-hydrogen) atoms. The molecular weight excluding hydrogens is 386 g/mol. The lowest BCUT2D eigenvalue weighted by Crippen LogP contribution is -2.49. The van der Waals surface area contributed by atoms with Crippen molar-refractivity contribution < 1.29 is 9.90 Å². The van der Waals surface area contributed by atoms with Gasteiger partial charge in [-0.3, -0.25) is 4.79 Å². The minimum atomic E-state index is -1.84. The SMILES string of the molecule is CC(C)c1ccc2c(NC3=CC=CC(O)(C(N)=O)C3c3cccs3)ncnc2n1. The fourth-order valence-corrected chi connectivity index (χ4v) is 4.32. The van der Waals surface area contributed by atoms with Crippen molar-refractivity contribution >= 4 is 34.1 Å². The van der Waals surface area contributed by atoms with E-state index < -0.39 is 17.4 Å². The van der Waals surface area contributed by atoms with Crippen LogP contribution in [0.3, 0.4) is 0 Å². The van der Waals surface area contributed by atoms with E-state index in [1.165, 1.54) is 23.7 Å². The number of nitrogens with zero attached hydrogens (tertiary/aromatic N) is 3. The summed E-state index contributed by atoms with van der Waals surface area (Å²) in [5.74, 6) is -0.647. The molecule has 1 aliphatic rings. The maximum atomic E-state index is 12.1. The maximum Gasteiger partial charge on any atom is 0.254 e. The van der Waals surface area contributed by atoms with Gasteiger partial charge in [0.15, 0.2) is 11.2 Å². The van der Waals surface area contributed by atoms with Crippen molar-refractivity contribution in [3.63, 3.8) is 0 Å². The summed E-state index contributed by atoms with van der Waals surface area (Å²) in [6.07, 6.45) is 6.31. The van der Waals surface area contributed by atoms with E-state index in [2.05, 4.69) is 34.1 Å². The van der Waals surface area contributed by atoms with Crippen molar-refractivity contribution in [1.82, 2.24) is 15.0 Å². The predicted molar refractivity (Wildman–Crippen MR) is 113 cm³/mol. The van der Waals surface area contributed by atoms with Crippen LogP contribution in [-0.2, 0) is 4.79 Å². The molecule has 1 amide bonds. The molecule has 2 atom stereocenters. The number of carbonyl (C=O) groups excluding carboxylic acids is 1. The zero-order valence-corrected chi connectivity index (χ0v) is 16.9. The number of carbonyl (C=O) groups is 1. The van der Waals surface area contributed by atoms with Gasteiger partial charge in [0.2, 0.25) is 0 Å². The second kappa shape index (κ2) is 7.38. The van der Waals surface area contributed by atoms with Gasteiger partial charge in [-0.25, -0.2) is 15.0 Å². The average molecular weight is 407 g/mol. The van der Waals surface area contributed by atoms with Crippen LogP contribution in [-0.4, -0.2) is 31.6 Å². The van der Waals surface area contributed by atoms with Crippen molar-refractivity contribution in [3.8, 4) is 0 Å². The molecule has 0 aliphatic heterocycles. The van der Waals surface area contributed by atoms with Gasteiger partial charge in [0.1, 0.15) is 12.1 Å². The van der Waals surface area contributed by atoms with Crippen molar-refractivity contribution in [2.75, 3.05) is 5.32 Å². The summed E-state index contributed by atoms with van der Waals surface area (Å²) in [5.41, 5.74) is 5.87. The minimum Gasteiger partial charge on any atom is -0.375 e. The molecule has 0 saturated heterocycles.